The van der Waals surface area contributed by atoms with Crippen LogP contribution in [0, 0.1) is 11.3 Å². The lowest BCUT2D eigenvalue weighted by Crippen LogP contribution is -2.46. The van der Waals surface area contributed by atoms with Gasteiger partial charge in [-0.25, -0.2) is 4.68 Å². The normalized spacial score (nSPS) is 15.0. The van der Waals surface area contributed by atoms with E-state index in [-0.39, 0.29) is 11.6 Å². The molecule has 2 amide bonds. The predicted molar refractivity (Wildman–Crippen MR) is 143 cm³/mol. The number of aromatic nitrogens is 2. The van der Waals surface area contributed by atoms with Gasteiger partial charge in [-0.2, -0.15) is 10.4 Å². The van der Waals surface area contributed by atoms with E-state index in [4.69, 9.17) is 9.84 Å². The number of amides is 2. The Morgan fingerprint density at radius 1 is 1.05 bits per heavy atom. The van der Waals surface area contributed by atoms with Gasteiger partial charge in [-0.1, -0.05) is 31.5 Å². The summed E-state index contributed by atoms with van der Waals surface area (Å²) in [6.45, 7) is 7.94. The zero-order chi connectivity index (χ0) is 26.5. The maximum absolute atomic E-state index is 13.4. The molecule has 7 nitrogen and oxygen atoms in total. The van der Waals surface area contributed by atoms with Crippen molar-refractivity contribution in [1.82, 2.24) is 14.7 Å². The van der Waals surface area contributed by atoms with Crippen LogP contribution in [0.3, 0.4) is 0 Å². The standard InChI is InChI=1S/C30H30N4O3/c1-5-6-16-37-25-14-12-22(13-15-25)28-23(19-33(32-28)24-10-8-7-9-11-24)17-26-21(4)27(18-31)30(36)34(20(2)3)29(26)35/h7-15,17,19-20H,5-6,16H2,1-4H3/b26-17+. The van der Waals surface area contributed by atoms with Gasteiger partial charge in [0.05, 0.1) is 18.0 Å². The first-order valence-corrected chi connectivity index (χ1v) is 12.4. The van der Waals surface area contributed by atoms with Crippen molar-refractivity contribution in [2.45, 2.75) is 46.6 Å². The number of carbonyl (C=O) groups excluding carboxylic acids is 2. The Kier molecular flexibility index (Phi) is 7.69. The van der Waals surface area contributed by atoms with Crippen LogP contribution in [0.4, 0.5) is 0 Å². The Morgan fingerprint density at radius 3 is 2.38 bits per heavy atom. The Hall–Kier alpha value is -4.44. The van der Waals surface area contributed by atoms with Gasteiger partial charge in [0, 0.05) is 28.9 Å². The molecule has 0 unspecified atom stereocenters. The highest BCUT2D eigenvalue weighted by Crippen LogP contribution is 2.32. The van der Waals surface area contributed by atoms with Crippen LogP contribution in [0.5, 0.6) is 5.75 Å². The van der Waals surface area contributed by atoms with Gasteiger partial charge in [-0.05, 0) is 75.2 Å². The zero-order valence-electron chi connectivity index (χ0n) is 21.6. The molecule has 7 heteroatoms. The number of ether oxygens (including phenoxy) is 1. The van der Waals surface area contributed by atoms with Crippen LogP contribution in [0.2, 0.25) is 0 Å². The molecule has 188 valence electrons. The molecule has 0 atom stereocenters. The third kappa shape index (κ3) is 5.24. The molecule has 0 N–H and O–H groups in total. The molecule has 1 aliphatic rings. The van der Waals surface area contributed by atoms with Crippen LogP contribution in [0.15, 0.2) is 77.5 Å². The monoisotopic (exact) mass is 494 g/mol. The molecule has 0 radical (unpaired) electrons. The Morgan fingerprint density at radius 2 is 1.76 bits per heavy atom. The van der Waals surface area contributed by atoms with E-state index in [9.17, 15) is 14.9 Å². The van der Waals surface area contributed by atoms with E-state index in [1.165, 1.54) is 0 Å². The van der Waals surface area contributed by atoms with Gasteiger partial charge in [0.15, 0.2) is 0 Å². The number of rotatable bonds is 8. The van der Waals surface area contributed by atoms with E-state index >= 15 is 0 Å². The first-order valence-electron chi connectivity index (χ1n) is 12.4. The van der Waals surface area contributed by atoms with E-state index in [1.807, 2.05) is 66.9 Å². The fourth-order valence-corrected chi connectivity index (χ4v) is 4.20. The van der Waals surface area contributed by atoms with Crippen molar-refractivity contribution < 1.29 is 14.3 Å². The van der Waals surface area contributed by atoms with Gasteiger partial charge in [0.25, 0.3) is 11.8 Å². The molecule has 2 heterocycles. The minimum absolute atomic E-state index is 0.0230. The Balaban J connectivity index is 1.84. The summed E-state index contributed by atoms with van der Waals surface area (Å²) in [5.74, 6) is -0.198. The van der Waals surface area contributed by atoms with Crippen molar-refractivity contribution in [1.29, 1.82) is 5.26 Å². The largest absolute Gasteiger partial charge is 0.494 e. The first-order chi connectivity index (χ1) is 17.8. The summed E-state index contributed by atoms with van der Waals surface area (Å²) in [5.41, 5.74) is 3.74. The van der Waals surface area contributed by atoms with Gasteiger partial charge in [0.2, 0.25) is 0 Å². The fraction of sp³-hybridized carbons (Fsp3) is 0.267. The lowest BCUT2D eigenvalue weighted by Gasteiger charge is -2.30. The molecule has 0 saturated carbocycles. The second-order valence-corrected chi connectivity index (χ2v) is 9.18. The highest BCUT2D eigenvalue weighted by molar-refractivity contribution is 6.20. The summed E-state index contributed by atoms with van der Waals surface area (Å²) in [6, 6.07) is 19.0. The molecule has 0 spiro atoms. The smallest absolute Gasteiger partial charge is 0.271 e. The summed E-state index contributed by atoms with van der Waals surface area (Å²) >= 11 is 0. The van der Waals surface area contributed by atoms with E-state index in [2.05, 4.69) is 6.92 Å². The highest BCUT2D eigenvalue weighted by atomic mass is 16.5. The number of para-hydroxylation sites is 1. The Bertz CT molecular complexity index is 1410. The molecular formula is C30H30N4O3. The summed E-state index contributed by atoms with van der Waals surface area (Å²) in [4.78, 5) is 27.3. The summed E-state index contributed by atoms with van der Waals surface area (Å²) < 4.78 is 7.56. The topological polar surface area (TPSA) is 88.2 Å². The van der Waals surface area contributed by atoms with E-state index in [1.54, 1.807) is 31.5 Å². The zero-order valence-corrected chi connectivity index (χ0v) is 21.6. The number of carbonyl (C=O) groups is 2. The van der Waals surface area contributed by atoms with Crippen molar-refractivity contribution >= 4 is 17.9 Å². The lowest BCUT2D eigenvalue weighted by molar-refractivity contribution is -0.142. The van der Waals surface area contributed by atoms with Crippen molar-refractivity contribution in [2.24, 2.45) is 0 Å². The maximum atomic E-state index is 13.4. The molecule has 1 aliphatic heterocycles. The third-order valence-electron chi connectivity index (χ3n) is 6.25. The fourth-order valence-electron chi connectivity index (χ4n) is 4.20. The number of unbranched alkanes of at least 4 members (excludes halogenated alkanes) is 1. The van der Waals surface area contributed by atoms with Crippen molar-refractivity contribution in [3.63, 3.8) is 0 Å². The van der Waals surface area contributed by atoms with Crippen LogP contribution in [-0.4, -0.2) is 39.1 Å². The summed E-state index contributed by atoms with van der Waals surface area (Å²) in [7, 11) is 0. The Labute approximate surface area is 217 Å². The second-order valence-electron chi connectivity index (χ2n) is 9.18. The predicted octanol–water partition coefficient (Wildman–Crippen LogP) is 5.72. The first kappa shape index (κ1) is 25.6. The quantitative estimate of drug-likeness (QED) is 0.227. The van der Waals surface area contributed by atoms with Crippen LogP contribution in [-0.2, 0) is 9.59 Å². The highest BCUT2D eigenvalue weighted by Gasteiger charge is 2.37. The molecule has 0 saturated heterocycles. The molecule has 0 bridgehead atoms. The average Bonchev–Trinajstić information content (AvgIpc) is 3.32. The number of nitriles is 1. The summed E-state index contributed by atoms with van der Waals surface area (Å²) in [6.07, 6.45) is 5.63. The van der Waals surface area contributed by atoms with Gasteiger partial charge in [-0.3, -0.25) is 14.5 Å². The van der Waals surface area contributed by atoms with Gasteiger partial charge in [-0.15, -0.1) is 0 Å². The van der Waals surface area contributed by atoms with Gasteiger partial charge >= 0.3 is 0 Å². The average molecular weight is 495 g/mol. The molecule has 0 fully saturated rings. The minimum Gasteiger partial charge on any atom is -0.494 e. The van der Waals surface area contributed by atoms with Gasteiger partial charge in [0.1, 0.15) is 17.4 Å². The number of imide groups is 1. The molecule has 4 rings (SSSR count). The summed E-state index contributed by atoms with van der Waals surface area (Å²) in [5, 5.41) is 14.5. The third-order valence-corrected chi connectivity index (χ3v) is 6.25. The van der Waals surface area contributed by atoms with Gasteiger partial charge < -0.3 is 4.74 Å². The molecular weight excluding hydrogens is 464 g/mol. The maximum Gasteiger partial charge on any atom is 0.271 e. The van der Waals surface area contributed by atoms with E-state index in [0.717, 1.165) is 34.7 Å². The second kappa shape index (κ2) is 11.1. The van der Waals surface area contributed by atoms with Crippen LogP contribution in [0.1, 0.15) is 46.1 Å². The number of hydrogen-bond acceptors (Lipinski definition) is 5. The molecule has 3 aromatic rings. The lowest BCUT2D eigenvalue weighted by atomic mass is 9.92. The SMILES string of the molecule is CCCCOc1ccc(-c2nn(-c3ccccc3)cc2/C=C2/C(=O)N(C(C)C)C(=O)C(C#N)=C2C)cc1. The molecule has 0 aliphatic carbocycles. The van der Waals surface area contributed by atoms with Crippen LogP contribution >= 0.6 is 0 Å². The van der Waals surface area contributed by atoms with E-state index < -0.39 is 11.8 Å². The molecule has 37 heavy (non-hydrogen) atoms. The van der Waals surface area contributed by atoms with E-state index in [0.29, 0.717) is 29.0 Å². The van der Waals surface area contributed by atoms with Crippen molar-refractivity contribution in [3.8, 4) is 28.8 Å². The number of benzene rings is 2. The molecule has 2 aromatic carbocycles. The van der Waals surface area contributed by atoms with Crippen LogP contribution in [0.25, 0.3) is 23.0 Å². The number of hydrogen-bond donors (Lipinski definition) is 0. The number of nitrogens with zero attached hydrogens (tertiary/aromatic N) is 4. The van der Waals surface area contributed by atoms with Crippen molar-refractivity contribution in [3.05, 3.63) is 83.1 Å². The minimum atomic E-state index is -0.559. The molecule has 1 aromatic heterocycles. The van der Waals surface area contributed by atoms with Crippen molar-refractivity contribution in [2.75, 3.05) is 6.61 Å². The van der Waals surface area contributed by atoms with Crippen LogP contribution < -0.4 is 4.74 Å².